The molecular weight excluding hydrogens is 583 g/mol. The number of nitrogens with zero attached hydrogens (tertiary/aromatic N) is 2. The van der Waals surface area contributed by atoms with E-state index >= 15 is 0 Å². The van der Waals surface area contributed by atoms with Crippen molar-refractivity contribution in [2.24, 2.45) is 5.14 Å². The van der Waals surface area contributed by atoms with E-state index in [4.69, 9.17) is 5.14 Å². The summed E-state index contributed by atoms with van der Waals surface area (Å²) in [6, 6.07) is 15.6. The Labute approximate surface area is 246 Å². The monoisotopic (exact) mass is 613 g/mol. The van der Waals surface area contributed by atoms with E-state index in [1.54, 1.807) is 23.6 Å². The van der Waals surface area contributed by atoms with Gasteiger partial charge in [0, 0.05) is 25.2 Å². The van der Waals surface area contributed by atoms with Crippen molar-refractivity contribution in [3.63, 3.8) is 0 Å². The summed E-state index contributed by atoms with van der Waals surface area (Å²) >= 11 is 2.50. The Balaban J connectivity index is 1.30. The first-order valence-corrected chi connectivity index (χ1v) is 16.4. The molecule has 0 aliphatic rings. The number of anilines is 1. The summed E-state index contributed by atoms with van der Waals surface area (Å²) in [6.45, 7) is 2.73. The van der Waals surface area contributed by atoms with Crippen molar-refractivity contribution in [3.05, 3.63) is 81.5 Å². The number of carbonyl (C=O) groups is 2. The third-order valence-electron chi connectivity index (χ3n) is 6.28. The van der Waals surface area contributed by atoms with Gasteiger partial charge < -0.3 is 10.6 Å². The number of benzene rings is 2. The summed E-state index contributed by atoms with van der Waals surface area (Å²) in [4.78, 5) is 42.8. The number of nitrogens with two attached hydrogens (primary N) is 1. The quantitative estimate of drug-likeness (QED) is 0.154. The van der Waals surface area contributed by atoms with Crippen LogP contribution in [-0.4, -0.2) is 42.1 Å². The van der Waals surface area contributed by atoms with E-state index in [2.05, 4.69) is 22.5 Å². The Morgan fingerprint density at radius 2 is 1.73 bits per heavy atom. The van der Waals surface area contributed by atoms with Crippen molar-refractivity contribution >= 4 is 60.8 Å². The third kappa shape index (κ3) is 8.49. The molecule has 2 aromatic heterocycles. The lowest BCUT2D eigenvalue weighted by molar-refractivity contribution is -0.121. The van der Waals surface area contributed by atoms with Gasteiger partial charge in [-0.05, 0) is 66.1 Å². The lowest BCUT2D eigenvalue weighted by Gasteiger charge is -2.12. The SMILES string of the molecule is CCc1ccc(NC(=O)CSc2nc3ccsc3c(=O)n2CCCC(=O)NCCc2ccc(S(N)(=O)=O)cc2)cc1. The van der Waals surface area contributed by atoms with Gasteiger partial charge in [-0.3, -0.25) is 19.0 Å². The molecule has 2 heterocycles. The van der Waals surface area contributed by atoms with Crippen molar-refractivity contribution < 1.29 is 18.0 Å². The van der Waals surface area contributed by atoms with Crippen LogP contribution in [0.2, 0.25) is 0 Å². The Bertz CT molecular complexity index is 1680. The van der Waals surface area contributed by atoms with Crippen molar-refractivity contribution in [2.45, 2.75) is 49.2 Å². The molecule has 4 N–H and O–H groups in total. The van der Waals surface area contributed by atoms with Crippen LogP contribution in [0.1, 0.15) is 30.9 Å². The van der Waals surface area contributed by atoms with E-state index in [0.717, 1.165) is 12.0 Å². The van der Waals surface area contributed by atoms with Crippen molar-refractivity contribution in [2.75, 3.05) is 17.6 Å². The highest BCUT2D eigenvalue weighted by Crippen LogP contribution is 2.22. The van der Waals surface area contributed by atoms with Gasteiger partial charge in [0.2, 0.25) is 21.8 Å². The van der Waals surface area contributed by atoms with E-state index in [0.29, 0.717) is 40.4 Å². The maximum absolute atomic E-state index is 13.2. The number of aryl methyl sites for hydroxylation is 1. The first kappa shape index (κ1) is 30.4. The first-order valence-electron chi connectivity index (χ1n) is 13.0. The van der Waals surface area contributed by atoms with Crippen LogP contribution >= 0.6 is 23.1 Å². The van der Waals surface area contributed by atoms with Crippen LogP contribution in [0.25, 0.3) is 10.2 Å². The van der Waals surface area contributed by atoms with Gasteiger partial charge in [0.15, 0.2) is 5.16 Å². The van der Waals surface area contributed by atoms with Gasteiger partial charge in [0.1, 0.15) is 4.70 Å². The number of amides is 2. The normalized spacial score (nSPS) is 11.5. The van der Waals surface area contributed by atoms with Gasteiger partial charge in [0.05, 0.1) is 16.2 Å². The van der Waals surface area contributed by atoms with Crippen molar-refractivity contribution in [3.8, 4) is 0 Å². The zero-order chi connectivity index (χ0) is 29.4. The number of rotatable bonds is 13. The number of primary sulfonamides is 1. The average Bonchev–Trinajstić information content (AvgIpc) is 3.42. The molecule has 0 aliphatic heterocycles. The highest BCUT2D eigenvalue weighted by Gasteiger charge is 2.15. The van der Waals surface area contributed by atoms with Gasteiger partial charge in [-0.25, -0.2) is 18.5 Å². The Morgan fingerprint density at radius 3 is 2.41 bits per heavy atom. The van der Waals surface area contributed by atoms with Crippen LogP contribution in [0.15, 0.2) is 74.8 Å². The molecule has 10 nitrogen and oxygen atoms in total. The number of hydrogen-bond donors (Lipinski definition) is 3. The predicted molar refractivity (Wildman–Crippen MR) is 163 cm³/mol. The number of aromatic nitrogens is 2. The number of sulfonamides is 1. The smallest absolute Gasteiger partial charge is 0.272 e. The van der Waals surface area contributed by atoms with Gasteiger partial charge in [-0.15, -0.1) is 11.3 Å². The number of hydrogen-bond acceptors (Lipinski definition) is 8. The highest BCUT2D eigenvalue weighted by atomic mass is 32.2. The zero-order valence-electron chi connectivity index (χ0n) is 22.5. The van der Waals surface area contributed by atoms with Crippen molar-refractivity contribution in [1.82, 2.24) is 14.9 Å². The maximum atomic E-state index is 13.2. The minimum atomic E-state index is -3.74. The molecule has 13 heteroatoms. The van der Waals surface area contributed by atoms with Gasteiger partial charge >= 0.3 is 0 Å². The summed E-state index contributed by atoms with van der Waals surface area (Å²) < 4.78 is 24.8. The molecule has 2 amide bonds. The fourth-order valence-corrected chi connectivity index (χ4v) is 6.18. The number of thioether (sulfide) groups is 1. The number of fused-ring (bicyclic) bond motifs is 1. The second-order valence-electron chi connectivity index (χ2n) is 9.27. The minimum absolute atomic E-state index is 0.0376. The molecular formula is C28H31N5O5S3. The summed E-state index contributed by atoms with van der Waals surface area (Å²) in [6.07, 6.45) is 2.06. The lowest BCUT2D eigenvalue weighted by atomic mass is 10.1. The lowest BCUT2D eigenvalue weighted by Crippen LogP contribution is -2.27. The summed E-state index contributed by atoms with van der Waals surface area (Å²) in [5.41, 5.74) is 3.15. The molecule has 0 saturated heterocycles. The fraction of sp³-hybridized carbons (Fsp3) is 0.286. The maximum Gasteiger partial charge on any atom is 0.272 e. The molecule has 0 atom stereocenters. The third-order valence-corrected chi connectivity index (χ3v) is 9.08. The molecule has 0 spiro atoms. The second-order valence-corrected chi connectivity index (χ2v) is 12.7. The molecule has 0 radical (unpaired) electrons. The topological polar surface area (TPSA) is 153 Å². The predicted octanol–water partition coefficient (Wildman–Crippen LogP) is 3.54. The molecule has 2 aromatic carbocycles. The number of nitrogens with one attached hydrogen (secondary N) is 2. The second kappa shape index (κ2) is 13.9. The minimum Gasteiger partial charge on any atom is -0.356 e. The highest BCUT2D eigenvalue weighted by molar-refractivity contribution is 7.99. The molecule has 4 aromatic rings. The van der Waals surface area contributed by atoms with Gasteiger partial charge in [-0.1, -0.05) is 43.0 Å². The van der Waals surface area contributed by atoms with E-state index in [1.165, 1.54) is 45.4 Å². The first-order chi connectivity index (χ1) is 19.6. The Kier molecular flexibility index (Phi) is 10.3. The standard InChI is InChI=1S/C28H31N5O5S3/c1-2-19-5-9-21(10-6-19)31-25(35)18-40-28-32-23-14-17-39-26(23)27(36)33(28)16-3-4-24(34)30-15-13-20-7-11-22(12-8-20)41(29,37)38/h5-12,14,17H,2-4,13,15-16,18H2,1H3,(H,30,34)(H,31,35)(H2,29,37,38). The van der Waals surface area contributed by atoms with Crippen LogP contribution in [0, 0.1) is 0 Å². The Morgan fingerprint density at radius 1 is 1.02 bits per heavy atom. The van der Waals surface area contributed by atoms with Gasteiger partial charge in [-0.2, -0.15) is 0 Å². The number of thiophene rings is 1. The Hall–Kier alpha value is -3.52. The van der Waals surface area contributed by atoms with Crippen LogP contribution in [0.5, 0.6) is 0 Å². The van der Waals surface area contributed by atoms with Crippen LogP contribution in [-0.2, 0) is 39.0 Å². The van der Waals surface area contributed by atoms with Gasteiger partial charge in [0.25, 0.3) is 5.56 Å². The summed E-state index contributed by atoms with van der Waals surface area (Å²) in [5.74, 6) is -0.285. The molecule has 4 rings (SSSR count). The summed E-state index contributed by atoms with van der Waals surface area (Å²) in [7, 11) is -3.74. The summed E-state index contributed by atoms with van der Waals surface area (Å²) in [5, 5.41) is 13.1. The molecule has 0 unspecified atom stereocenters. The van der Waals surface area contributed by atoms with Crippen LogP contribution in [0.4, 0.5) is 5.69 Å². The molecule has 0 aliphatic carbocycles. The molecule has 0 fully saturated rings. The van der Waals surface area contributed by atoms with Crippen molar-refractivity contribution in [1.29, 1.82) is 0 Å². The molecule has 41 heavy (non-hydrogen) atoms. The number of carbonyl (C=O) groups excluding carboxylic acids is 2. The van der Waals surface area contributed by atoms with E-state index in [9.17, 15) is 22.8 Å². The van der Waals surface area contributed by atoms with E-state index in [1.807, 2.05) is 24.3 Å². The molecule has 0 saturated carbocycles. The zero-order valence-corrected chi connectivity index (χ0v) is 24.9. The molecule has 216 valence electrons. The van der Waals surface area contributed by atoms with Crippen LogP contribution < -0.4 is 21.3 Å². The molecule has 0 bridgehead atoms. The largest absolute Gasteiger partial charge is 0.356 e. The van der Waals surface area contributed by atoms with E-state index in [-0.39, 0.29) is 41.0 Å². The fourth-order valence-electron chi connectivity index (χ4n) is 4.06. The average molecular weight is 614 g/mol. The van der Waals surface area contributed by atoms with E-state index < -0.39 is 10.0 Å². The van der Waals surface area contributed by atoms with Crippen LogP contribution in [0.3, 0.4) is 0 Å².